The Labute approximate surface area is 114 Å². The van der Waals surface area contributed by atoms with Crippen molar-refractivity contribution in [2.45, 2.75) is 23.1 Å². The summed E-state index contributed by atoms with van der Waals surface area (Å²) in [6.07, 6.45) is 3.71. The average Bonchev–Trinajstić information content (AvgIpc) is 2.83. The molecular weight excluding hydrogens is 258 g/mol. The van der Waals surface area contributed by atoms with Crippen LogP contribution in [0.15, 0.2) is 52.9 Å². The summed E-state index contributed by atoms with van der Waals surface area (Å²) >= 11 is 1.48. The molecule has 6 heteroatoms. The van der Waals surface area contributed by atoms with Gasteiger partial charge < -0.3 is 5.73 Å². The molecule has 19 heavy (non-hydrogen) atoms. The maximum absolute atomic E-state index is 5.88. The van der Waals surface area contributed by atoms with E-state index in [-0.39, 0.29) is 6.04 Å². The first-order valence-electron chi connectivity index (χ1n) is 5.93. The summed E-state index contributed by atoms with van der Waals surface area (Å²) < 4.78 is 1.94. The molecular formula is C13H13N5S. The molecule has 0 radical (unpaired) electrons. The summed E-state index contributed by atoms with van der Waals surface area (Å²) in [5.41, 5.74) is 7.76. The van der Waals surface area contributed by atoms with Crippen LogP contribution in [0.4, 0.5) is 0 Å². The zero-order valence-corrected chi connectivity index (χ0v) is 11.2. The molecule has 5 nitrogen and oxygen atoms in total. The molecule has 0 amide bonds. The number of nitrogens with two attached hydrogens (primary N) is 1. The van der Waals surface area contributed by atoms with Crippen molar-refractivity contribution >= 4 is 17.4 Å². The monoisotopic (exact) mass is 271 g/mol. The molecule has 0 aliphatic heterocycles. The van der Waals surface area contributed by atoms with Crippen LogP contribution in [-0.2, 0) is 0 Å². The van der Waals surface area contributed by atoms with Crippen LogP contribution < -0.4 is 5.73 Å². The van der Waals surface area contributed by atoms with Crippen LogP contribution in [0.2, 0.25) is 0 Å². The van der Waals surface area contributed by atoms with Gasteiger partial charge in [0.05, 0.1) is 0 Å². The quantitative estimate of drug-likeness (QED) is 0.791. The number of aromatic nitrogens is 4. The van der Waals surface area contributed by atoms with Gasteiger partial charge in [-0.25, -0.2) is 4.98 Å². The summed E-state index contributed by atoms with van der Waals surface area (Å²) in [7, 11) is 0. The van der Waals surface area contributed by atoms with Gasteiger partial charge in [0.1, 0.15) is 5.03 Å². The van der Waals surface area contributed by atoms with E-state index < -0.39 is 0 Å². The minimum Gasteiger partial charge on any atom is -0.324 e. The highest BCUT2D eigenvalue weighted by Crippen LogP contribution is 2.26. The summed E-state index contributed by atoms with van der Waals surface area (Å²) in [5, 5.41) is 9.95. The van der Waals surface area contributed by atoms with Crippen LogP contribution in [0.1, 0.15) is 18.5 Å². The molecule has 0 saturated carbocycles. The SMILES string of the molecule is C[C@H](N)c1ccnc(Sc2nnc3ccccn23)c1. The van der Waals surface area contributed by atoms with Gasteiger partial charge in [0.2, 0.25) is 5.16 Å². The lowest BCUT2D eigenvalue weighted by molar-refractivity contribution is 0.807. The van der Waals surface area contributed by atoms with Crippen molar-refractivity contribution in [2.24, 2.45) is 5.73 Å². The van der Waals surface area contributed by atoms with Gasteiger partial charge in [0, 0.05) is 18.4 Å². The van der Waals surface area contributed by atoms with E-state index in [0.717, 1.165) is 21.4 Å². The van der Waals surface area contributed by atoms with Crippen molar-refractivity contribution in [3.05, 3.63) is 48.3 Å². The fourth-order valence-electron chi connectivity index (χ4n) is 1.75. The number of rotatable bonds is 3. The van der Waals surface area contributed by atoms with Gasteiger partial charge in [0.25, 0.3) is 0 Å². The Morgan fingerprint density at radius 2 is 2.16 bits per heavy atom. The molecule has 0 saturated heterocycles. The molecule has 3 rings (SSSR count). The van der Waals surface area contributed by atoms with Gasteiger partial charge in [-0.2, -0.15) is 0 Å². The van der Waals surface area contributed by atoms with E-state index in [1.165, 1.54) is 11.8 Å². The minimum absolute atomic E-state index is 0.00232. The van der Waals surface area contributed by atoms with Crippen molar-refractivity contribution in [1.82, 2.24) is 19.6 Å². The molecule has 0 bridgehead atoms. The number of hydrogen-bond donors (Lipinski definition) is 1. The van der Waals surface area contributed by atoms with Gasteiger partial charge >= 0.3 is 0 Å². The van der Waals surface area contributed by atoms with Crippen molar-refractivity contribution in [1.29, 1.82) is 0 Å². The van der Waals surface area contributed by atoms with Crippen LogP contribution in [-0.4, -0.2) is 19.6 Å². The predicted molar refractivity (Wildman–Crippen MR) is 73.9 cm³/mol. The van der Waals surface area contributed by atoms with Crippen molar-refractivity contribution in [3.63, 3.8) is 0 Å². The third kappa shape index (κ3) is 2.45. The van der Waals surface area contributed by atoms with E-state index >= 15 is 0 Å². The molecule has 3 aromatic heterocycles. The van der Waals surface area contributed by atoms with Gasteiger partial charge in [-0.3, -0.25) is 4.40 Å². The molecule has 3 aromatic rings. The lowest BCUT2D eigenvalue weighted by atomic mass is 10.1. The highest BCUT2D eigenvalue weighted by atomic mass is 32.2. The lowest BCUT2D eigenvalue weighted by Gasteiger charge is -2.06. The van der Waals surface area contributed by atoms with Crippen molar-refractivity contribution in [3.8, 4) is 0 Å². The number of nitrogens with zero attached hydrogens (tertiary/aromatic N) is 4. The Balaban J connectivity index is 1.95. The highest BCUT2D eigenvalue weighted by Gasteiger charge is 2.08. The van der Waals surface area contributed by atoms with E-state index in [1.54, 1.807) is 6.20 Å². The van der Waals surface area contributed by atoms with Gasteiger partial charge in [0.15, 0.2) is 5.65 Å². The third-order valence-corrected chi connectivity index (χ3v) is 3.66. The summed E-state index contributed by atoms with van der Waals surface area (Å²) in [5.74, 6) is 0. The van der Waals surface area contributed by atoms with Crippen LogP contribution in [0, 0.1) is 0 Å². The second-order valence-electron chi connectivity index (χ2n) is 4.23. The smallest absolute Gasteiger partial charge is 0.201 e. The van der Waals surface area contributed by atoms with Crippen LogP contribution in [0.5, 0.6) is 0 Å². The van der Waals surface area contributed by atoms with Gasteiger partial charge in [-0.1, -0.05) is 6.07 Å². The number of pyridine rings is 2. The molecule has 0 aliphatic rings. The first kappa shape index (κ1) is 12.1. The van der Waals surface area contributed by atoms with Crippen molar-refractivity contribution in [2.75, 3.05) is 0 Å². The van der Waals surface area contributed by atoms with Crippen molar-refractivity contribution < 1.29 is 0 Å². The van der Waals surface area contributed by atoms with E-state index in [2.05, 4.69) is 15.2 Å². The minimum atomic E-state index is -0.00232. The normalized spacial score (nSPS) is 12.7. The van der Waals surface area contributed by atoms with E-state index in [9.17, 15) is 0 Å². The third-order valence-electron chi connectivity index (χ3n) is 2.76. The van der Waals surface area contributed by atoms with E-state index in [1.807, 2.05) is 47.9 Å². The second kappa shape index (κ2) is 4.99. The van der Waals surface area contributed by atoms with Gasteiger partial charge in [-0.15, -0.1) is 10.2 Å². The summed E-state index contributed by atoms with van der Waals surface area (Å²) in [4.78, 5) is 4.33. The average molecular weight is 271 g/mol. The van der Waals surface area contributed by atoms with Crippen LogP contribution in [0.25, 0.3) is 5.65 Å². The Bertz CT molecular complexity index is 707. The predicted octanol–water partition coefficient (Wildman–Crippen LogP) is 2.30. The largest absolute Gasteiger partial charge is 0.324 e. The molecule has 0 spiro atoms. The van der Waals surface area contributed by atoms with E-state index in [4.69, 9.17) is 5.73 Å². The number of fused-ring (bicyclic) bond motifs is 1. The zero-order chi connectivity index (χ0) is 13.2. The fourth-order valence-corrected chi connectivity index (χ4v) is 2.58. The Hall–Kier alpha value is -1.92. The Morgan fingerprint density at radius 3 is 3.00 bits per heavy atom. The first-order chi connectivity index (χ1) is 9.24. The number of hydrogen-bond acceptors (Lipinski definition) is 5. The highest BCUT2D eigenvalue weighted by molar-refractivity contribution is 7.99. The molecule has 0 fully saturated rings. The van der Waals surface area contributed by atoms with Crippen LogP contribution in [0.3, 0.4) is 0 Å². The lowest BCUT2D eigenvalue weighted by Crippen LogP contribution is -2.05. The first-order valence-corrected chi connectivity index (χ1v) is 6.75. The molecule has 2 N–H and O–H groups in total. The summed E-state index contributed by atoms with van der Waals surface area (Å²) in [6, 6.07) is 9.72. The second-order valence-corrected chi connectivity index (χ2v) is 5.22. The maximum atomic E-state index is 5.88. The van der Waals surface area contributed by atoms with Gasteiger partial charge in [-0.05, 0) is 48.5 Å². The topological polar surface area (TPSA) is 69.1 Å². The zero-order valence-electron chi connectivity index (χ0n) is 10.4. The molecule has 0 unspecified atom stereocenters. The summed E-state index contributed by atoms with van der Waals surface area (Å²) in [6.45, 7) is 1.95. The Morgan fingerprint density at radius 1 is 1.26 bits per heavy atom. The fraction of sp³-hybridized carbons (Fsp3) is 0.154. The Kier molecular flexibility index (Phi) is 3.18. The molecule has 0 aliphatic carbocycles. The maximum Gasteiger partial charge on any atom is 0.201 e. The standard InChI is InChI=1S/C13H13N5S/c1-9(14)10-5-6-15-12(8-10)19-13-17-16-11-4-2-3-7-18(11)13/h2-9H,14H2,1H3/t9-/m0/s1. The van der Waals surface area contributed by atoms with Crippen LogP contribution >= 0.6 is 11.8 Å². The molecule has 1 atom stereocenters. The molecule has 0 aromatic carbocycles. The van der Waals surface area contributed by atoms with E-state index in [0.29, 0.717) is 0 Å². The molecule has 3 heterocycles. The molecule has 96 valence electrons.